The molecule has 1 N–H and O–H groups in total. The van der Waals surface area contributed by atoms with Crippen LogP contribution in [0.3, 0.4) is 0 Å². The van der Waals surface area contributed by atoms with Crippen LogP contribution in [0.1, 0.15) is 49.4 Å². The molecule has 4 aromatic carbocycles. The van der Waals surface area contributed by atoms with Gasteiger partial charge >= 0.3 is 6.18 Å². The van der Waals surface area contributed by atoms with Crippen molar-refractivity contribution in [2.24, 2.45) is 5.41 Å². The Bertz CT molecular complexity index is 1900. The maximum atomic E-state index is 13.9. The molecule has 0 spiro atoms. The summed E-state index contributed by atoms with van der Waals surface area (Å²) in [5.41, 5.74) is 1.86. The van der Waals surface area contributed by atoms with E-state index in [9.17, 15) is 28.1 Å². The lowest BCUT2D eigenvalue weighted by molar-refractivity contribution is -0.385. The quantitative estimate of drug-likeness (QED) is 0.168. The van der Waals surface area contributed by atoms with Gasteiger partial charge in [-0.2, -0.15) is 13.2 Å². The average molecular weight is 667 g/mol. The van der Waals surface area contributed by atoms with Crippen LogP contribution in [0.5, 0.6) is 17.2 Å². The van der Waals surface area contributed by atoms with E-state index in [2.05, 4.69) is 35.1 Å². The van der Waals surface area contributed by atoms with Crippen molar-refractivity contribution in [3.05, 3.63) is 104 Å². The van der Waals surface area contributed by atoms with Crippen LogP contribution in [-0.4, -0.2) is 17.8 Å². The van der Waals surface area contributed by atoms with Gasteiger partial charge in [0, 0.05) is 35.4 Å². The van der Waals surface area contributed by atoms with Crippen LogP contribution in [-0.2, 0) is 11.0 Å². The molecule has 0 radical (unpaired) electrons. The lowest BCUT2D eigenvalue weighted by Crippen LogP contribution is -2.33. The molecule has 0 amide bonds. The van der Waals surface area contributed by atoms with E-state index in [1.165, 1.54) is 7.11 Å². The Labute approximate surface area is 258 Å². The van der Waals surface area contributed by atoms with Crippen LogP contribution in [0.2, 0.25) is 0 Å². The first-order valence-corrected chi connectivity index (χ1v) is 14.5. The number of hydrogen-bond acceptors (Lipinski definition) is 6. The van der Waals surface area contributed by atoms with Crippen molar-refractivity contribution in [3.63, 3.8) is 0 Å². The van der Waals surface area contributed by atoms with E-state index in [0.29, 0.717) is 30.0 Å². The molecule has 44 heavy (non-hydrogen) atoms. The van der Waals surface area contributed by atoms with Crippen molar-refractivity contribution in [1.82, 2.24) is 0 Å². The molecule has 1 heterocycles. The molecule has 0 saturated carbocycles. The predicted molar refractivity (Wildman–Crippen MR) is 164 cm³/mol. The summed E-state index contributed by atoms with van der Waals surface area (Å²) < 4.78 is 53.1. The monoisotopic (exact) mass is 666 g/mol. The zero-order valence-electron chi connectivity index (χ0n) is 23.8. The number of allylic oxidation sites excluding steroid dienone is 1. The first kappa shape index (κ1) is 29.7. The van der Waals surface area contributed by atoms with Gasteiger partial charge in [-0.1, -0.05) is 44.2 Å². The highest BCUT2D eigenvalue weighted by atomic mass is 79.9. The molecule has 0 bridgehead atoms. The third-order valence-corrected chi connectivity index (χ3v) is 8.60. The fraction of sp³-hybridized carbons (Fsp3) is 0.242. The first-order valence-electron chi connectivity index (χ1n) is 13.7. The Hall–Kier alpha value is -4.38. The number of nitro groups is 1. The number of nitro benzene ring substituents is 1. The van der Waals surface area contributed by atoms with Gasteiger partial charge in [-0.05, 0) is 73.9 Å². The number of hydrogen-bond donors (Lipinski definition) is 1. The van der Waals surface area contributed by atoms with Crippen molar-refractivity contribution >= 4 is 49.4 Å². The zero-order valence-corrected chi connectivity index (χ0v) is 25.4. The van der Waals surface area contributed by atoms with Crippen LogP contribution < -0.4 is 14.8 Å². The molecule has 11 heteroatoms. The van der Waals surface area contributed by atoms with Crippen LogP contribution in [0.4, 0.5) is 24.5 Å². The topological polar surface area (TPSA) is 90.7 Å². The van der Waals surface area contributed by atoms with Gasteiger partial charge < -0.3 is 14.8 Å². The number of methoxy groups -OCH3 is 1. The summed E-state index contributed by atoms with van der Waals surface area (Å²) in [6.45, 7) is 4.16. The van der Waals surface area contributed by atoms with Gasteiger partial charge in [0.05, 0.1) is 22.5 Å². The standard InChI is InChI=1S/C33H26BrF3N2O5/c1-32(2)15-21-28-20-7-5-4-6-17(20)8-10-24(28)38-30(29(21)25(40)16-32)18-12-23(34)31(27(13-18)43-3)44-26-11-9-19(39(41)42)14-22(26)33(35,36)37/h4-14,30,38H,15-16H2,1-3H3/t30-/m1/s1. The predicted octanol–water partition coefficient (Wildman–Crippen LogP) is 9.64. The molecule has 0 fully saturated rings. The summed E-state index contributed by atoms with van der Waals surface area (Å²) in [5, 5.41) is 16.8. The second-order valence-corrected chi connectivity index (χ2v) is 12.5. The van der Waals surface area contributed by atoms with E-state index in [0.717, 1.165) is 39.7 Å². The Morgan fingerprint density at radius 1 is 1.02 bits per heavy atom. The van der Waals surface area contributed by atoms with Crippen molar-refractivity contribution in [2.75, 3.05) is 12.4 Å². The number of nitrogens with zero attached hydrogens (tertiary/aromatic N) is 1. The number of rotatable bonds is 5. The minimum Gasteiger partial charge on any atom is -0.493 e. The van der Waals surface area contributed by atoms with Gasteiger partial charge in [0.15, 0.2) is 17.3 Å². The van der Waals surface area contributed by atoms with Gasteiger partial charge in [0.2, 0.25) is 0 Å². The van der Waals surface area contributed by atoms with Gasteiger partial charge in [-0.25, -0.2) is 0 Å². The molecular weight excluding hydrogens is 641 g/mol. The van der Waals surface area contributed by atoms with Gasteiger partial charge in [0.1, 0.15) is 11.3 Å². The summed E-state index contributed by atoms with van der Waals surface area (Å²) in [7, 11) is 1.35. The van der Waals surface area contributed by atoms with Gasteiger partial charge in [-0.15, -0.1) is 0 Å². The van der Waals surface area contributed by atoms with E-state index in [4.69, 9.17) is 9.47 Å². The Balaban J connectivity index is 1.48. The number of fused-ring (bicyclic) bond motifs is 4. The number of halogens is 4. The number of carbonyl (C=O) groups is 1. The molecule has 0 unspecified atom stereocenters. The van der Waals surface area contributed by atoms with Crippen molar-refractivity contribution in [3.8, 4) is 17.2 Å². The lowest BCUT2D eigenvalue weighted by Gasteiger charge is -2.40. The number of ketones is 1. The number of non-ortho nitro benzene ring substituents is 1. The molecule has 226 valence electrons. The Morgan fingerprint density at radius 3 is 2.48 bits per heavy atom. The molecule has 1 aliphatic heterocycles. The number of benzene rings is 4. The van der Waals surface area contributed by atoms with E-state index in [-0.39, 0.29) is 27.2 Å². The fourth-order valence-corrected chi connectivity index (χ4v) is 6.69. The zero-order chi connectivity index (χ0) is 31.6. The molecular formula is C33H26BrF3N2O5. The summed E-state index contributed by atoms with van der Waals surface area (Å²) in [6.07, 6.45) is -3.86. The summed E-state index contributed by atoms with van der Waals surface area (Å²) in [5.74, 6) is -0.551. The lowest BCUT2D eigenvalue weighted by atomic mass is 9.68. The van der Waals surface area contributed by atoms with Crippen LogP contribution in [0.25, 0.3) is 16.3 Å². The average Bonchev–Trinajstić information content (AvgIpc) is 2.96. The summed E-state index contributed by atoms with van der Waals surface area (Å²) in [4.78, 5) is 24.0. The normalized spacial score (nSPS) is 17.5. The molecule has 2 aliphatic rings. The Kier molecular flexibility index (Phi) is 7.19. The smallest absolute Gasteiger partial charge is 0.420 e. The van der Waals surface area contributed by atoms with Crippen LogP contribution in [0.15, 0.2) is 76.8 Å². The number of anilines is 1. The SMILES string of the molecule is COc1cc([C@H]2Nc3ccc4ccccc4c3C3=C2C(=O)CC(C)(C)C3)cc(Br)c1Oc1ccc([N+](=O)[O-])cc1C(F)(F)F. The highest BCUT2D eigenvalue weighted by Gasteiger charge is 2.41. The first-order chi connectivity index (χ1) is 20.8. The van der Waals surface area contributed by atoms with Crippen molar-refractivity contribution in [1.29, 1.82) is 0 Å². The number of Topliss-reactive ketones (excluding diaryl/α,β-unsaturated/α-hetero) is 1. The fourth-order valence-electron chi connectivity index (χ4n) is 6.14. The molecule has 0 aromatic heterocycles. The second-order valence-electron chi connectivity index (χ2n) is 11.7. The van der Waals surface area contributed by atoms with Crippen molar-refractivity contribution in [2.45, 2.75) is 38.9 Å². The van der Waals surface area contributed by atoms with Crippen molar-refractivity contribution < 1.29 is 32.4 Å². The third-order valence-electron chi connectivity index (χ3n) is 8.02. The number of ether oxygens (including phenoxy) is 2. The molecule has 6 rings (SSSR count). The highest BCUT2D eigenvalue weighted by Crippen LogP contribution is 2.53. The van der Waals surface area contributed by atoms with E-state index in [1.54, 1.807) is 12.1 Å². The molecule has 4 aromatic rings. The molecule has 1 aliphatic carbocycles. The van der Waals surface area contributed by atoms with E-state index < -0.39 is 34.1 Å². The van der Waals surface area contributed by atoms with Gasteiger partial charge in [-0.3, -0.25) is 14.9 Å². The van der Waals surface area contributed by atoms with Gasteiger partial charge in [0.25, 0.3) is 5.69 Å². The second kappa shape index (κ2) is 10.7. The molecule has 7 nitrogen and oxygen atoms in total. The largest absolute Gasteiger partial charge is 0.493 e. The van der Waals surface area contributed by atoms with E-state index >= 15 is 0 Å². The highest BCUT2D eigenvalue weighted by molar-refractivity contribution is 9.10. The maximum absolute atomic E-state index is 13.9. The Morgan fingerprint density at radius 2 is 1.77 bits per heavy atom. The molecule has 0 saturated heterocycles. The van der Waals surface area contributed by atoms with Crippen LogP contribution in [0, 0.1) is 15.5 Å². The number of nitrogens with one attached hydrogen (secondary N) is 1. The summed E-state index contributed by atoms with van der Waals surface area (Å²) >= 11 is 3.44. The minimum atomic E-state index is -4.91. The third kappa shape index (κ3) is 5.19. The summed E-state index contributed by atoms with van der Waals surface area (Å²) in [6, 6.07) is 17.1. The maximum Gasteiger partial charge on any atom is 0.420 e. The van der Waals surface area contributed by atoms with E-state index in [1.807, 2.05) is 36.4 Å². The molecule has 1 atom stereocenters. The number of alkyl halides is 3. The minimum absolute atomic E-state index is 0.0171. The van der Waals surface area contributed by atoms with Crippen LogP contribution >= 0.6 is 15.9 Å². The number of carbonyl (C=O) groups excluding carboxylic acids is 1.